The fourth-order valence-electron chi connectivity index (χ4n) is 2.99. The summed E-state index contributed by atoms with van der Waals surface area (Å²) in [7, 11) is 0. The summed E-state index contributed by atoms with van der Waals surface area (Å²) in [5, 5.41) is 10.2. The van der Waals surface area contributed by atoms with Crippen molar-refractivity contribution in [3.63, 3.8) is 0 Å². The molecule has 1 heterocycles. The van der Waals surface area contributed by atoms with Gasteiger partial charge in [-0.05, 0) is 38.3 Å². The van der Waals surface area contributed by atoms with Crippen LogP contribution in [0, 0.1) is 0 Å². The van der Waals surface area contributed by atoms with E-state index in [1.807, 2.05) is 18.2 Å². The lowest BCUT2D eigenvalue weighted by Gasteiger charge is -2.29. The van der Waals surface area contributed by atoms with E-state index in [9.17, 15) is 5.11 Å². The maximum Gasteiger partial charge on any atom is 0.121 e. The molecule has 0 saturated carbocycles. The molecular formula is C16H26N2O2. The molecule has 0 amide bonds. The van der Waals surface area contributed by atoms with E-state index in [2.05, 4.69) is 18.7 Å². The number of β-amino-alcohol motifs (C(OH)–C–C–N with tert-alkyl or cyclic N) is 1. The molecule has 1 aliphatic rings. The van der Waals surface area contributed by atoms with E-state index < -0.39 is 6.10 Å². The Kier molecular flexibility index (Phi) is 5.26. The maximum atomic E-state index is 10.2. The fraction of sp³-hybridized carbons (Fsp3) is 0.625. The summed E-state index contributed by atoms with van der Waals surface area (Å²) in [4.78, 5) is 2.41. The van der Waals surface area contributed by atoms with Crippen LogP contribution in [0.3, 0.4) is 0 Å². The zero-order valence-corrected chi connectivity index (χ0v) is 12.5. The number of aliphatic hydroxyl groups excluding tert-OH is 1. The van der Waals surface area contributed by atoms with Crippen molar-refractivity contribution in [1.29, 1.82) is 0 Å². The summed E-state index contributed by atoms with van der Waals surface area (Å²) < 4.78 is 5.61. The van der Waals surface area contributed by atoms with Gasteiger partial charge in [-0.15, -0.1) is 0 Å². The third kappa shape index (κ3) is 3.87. The largest absolute Gasteiger partial charge is 0.491 e. The van der Waals surface area contributed by atoms with Crippen molar-refractivity contribution in [2.24, 2.45) is 0 Å². The van der Waals surface area contributed by atoms with Crippen molar-refractivity contribution in [1.82, 2.24) is 4.90 Å². The van der Waals surface area contributed by atoms with Gasteiger partial charge in [0.05, 0.1) is 0 Å². The minimum absolute atomic E-state index is 0.309. The number of anilines is 1. The highest BCUT2D eigenvalue weighted by molar-refractivity contribution is 5.43. The Hall–Kier alpha value is -1.26. The molecule has 1 aromatic carbocycles. The molecular weight excluding hydrogens is 252 g/mol. The fourth-order valence-corrected chi connectivity index (χ4v) is 2.99. The number of hydrogen-bond acceptors (Lipinski definition) is 4. The zero-order valence-electron chi connectivity index (χ0n) is 12.5. The molecule has 0 radical (unpaired) electrons. The molecule has 0 aromatic heterocycles. The van der Waals surface area contributed by atoms with Gasteiger partial charge in [0.2, 0.25) is 0 Å². The summed E-state index contributed by atoms with van der Waals surface area (Å²) in [6.07, 6.45) is 3.14. The molecule has 3 N–H and O–H groups in total. The van der Waals surface area contributed by atoms with Crippen LogP contribution < -0.4 is 10.5 Å². The first-order chi connectivity index (χ1) is 9.60. The van der Waals surface area contributed by atoms with Crippen LogP contribution in [-0.2, 0) is 0 Å². The summed E-state index contributed by atoms with van der Waals surface area (Å²) in [6.45, 7) is 5.44. The molecule has 0 aliphatic carbocycles. The molecule has 4 heteroatoms. The first-order valence-electron chi connectivity index (χ1n) is 7.52. The smallest absolute Gasteiger partial charge is 0.121 e. The Bertz CT molecular complexity index is 425. The van der Waals surface area contributed by atoms with Crippen molar-refractivity contribution in [3.05, 3.63) is 24.3 Å². The molecule has 1 aliphatic heterocycles. The summed E-state index contributed by atoms with van der Waals surface area (Å²) in [6, 6.07) is 8.47. The minimum Gasteiger partial charge on any atom is -0.491 e. The van der Waals surface area contributed by atoms with Gasteiger partial charge in [-0.2, -0.15) is 0 Å². The third-order valence-electron chi connectivity index (χ3n) is 4.15. The van der Waals surface area contributed by atoms with Crippen molar-refractivity contribution in [2.75, 3.05) is 18.9 Å². The number of aliphatic hydroxyl groups is 1. The van der Waals surface area contributed by atoms with Crippen LogP contribution in [0.15, 0.2) is 24.3 Å². The second-order valence-corrected chi connectivity index (χ2v) is 5.72. The van der Waals surface area contributed by atoms with E-state index >= 15 is 0 Å². The second-order valence-electron chi connectivity index (χ2n) is 5.72. The van der Waals surface area contributed by atoms with Crippen LogP contribution in [0.4, 0.5) is 5.69 Å². The molecule has 1 saturated heterocycles. The molecule has 112 valence electrons. The molecule has 3 atom stereocenters. The standard InChI is InChI=1S/C16H26N2O2/c1-3-14-8-7-12(2)18(14)10-15(19)11-20-16-6-4-5-13(17)9-16/h4-6,9,12,14-15,19H,3,7-8,10-11,17H2,1-2H3. The summed E-state index contributed by atoms with van der Waals surface area (Å²) in [5.74, 6) is 0.713. The normalized spacial score (nSPS) is 24.8. The number of likely N-dealkylation sites (tertiary alicyclic amines) is 1. The number of hydrogen-bond donors (Lipinski definition) is 2. The highest BCUT2D eigenvalue weighted by Crippen LogP contribution is 2.26. The van der Waals surface area contributed by atoms with Crippen LogP contribution in [0.2, 0.25) is 0 Å². The Morgan fingerprint density at radius 1 is 1.45 bits per heavy atom. The first kappa shape index (κ1) is 15.1. The minimum atomic E-state index is -0.467. The molecule has 4 nitrogen and oxygen atoms in total. The summed E-state index contributed by atoms with van der Waals surface area (Å²) >= 11 is 0. The van der Waals surface area contributed by atoms with Crippen LogP contribution >= 0.6 is 0 Å². The van der Waals surface area contributed by atoms with Crippen LogP contribution in [-0.4, -0.2) is 41.3 Å². The topological polar surface area (TPSA) is 58.7 Å². The lowest BCUT2D eigenvalue weighted by atomic mass is 10.1. The van der Waals surface area contributed by atoms with Gasteiger partial charge in [0.15, 0.2) is 0 Å². The highest BCUT2D eigenvalue weighted by Gasteiger charge is 2.30. The first-order valence-corrected chi connectivity index (χ1v) is 7.52. The average molecular weight is 278 g/mol. The average Bonchev–Trinajstić information content (AvgIpc) is 2.77. The SMILES string of the molecule is CCC1CCC(C)N1CC(O)COc1cccc(N)c1. The lowest BCUT2D eigenvalue weighted by Crippen LogP contribution is -2.41. The number of nitrogens with two attached hydrogens (primary N) is 1. The van der Waals surface area contributed by atoms with Crippen LogP contribution in [0.5, 0.6) is 5.75 Å². The molecule has 3 unspecified atom stereocenters. The number of benzene rings is 1. The summed E-state index contributed by atoms with van der Waals surface area (Å²) in [5.41, 5.74) is 6.38. The van der Waals surface area contributed by atoms with Crippen LogP contribution in [0.1, 0.15) is 33.1 Å². The van der Waals surface area contributed by atoms with E-state index in [0.29, 0.717) is 36.7 Å². The Morgan fingerprint density at radius 2 is 2.25 bits per heavy atom. The lowest BCUT2D eigenvalue weighted by molar-refractivity contribution is 0.0514. The molecule has 0 spiro atoms. The van der Waals surface area contributed by atoms with Crippen molar-refractivity contribution < 1.29 is 9.84 Å². The highest BCUT2D eigenvalue weighted by atomic mass is 16.5. The second kappa shape index (κ2) is 6.95. The van der Waals surface area contributed by atoms with Crippen LogP contribution in [0.25, 0.3) is 0 Å². The van der Waals surface area contributed by atoms with Crippen molar-refractivity contribution in [2.45, 2.75) is 51.3 Å². The van der Waals surface area contributed by atoms with E-state index in [0.717, 1.165) is 6.42 Å². The van der Waals surface area contributed by atoms with E-state index in [-0.39, 0.29) is 0 Å². The maximum absolute atomic E-state index is 10.2. The molecule has 2 rings (SSSR count). The number of nitrogens with zero attached hydrogens (tertiary/aromatic N) is 1. The number of rotatable bonds is 6. The molecule has 1 fully saturated rings. The van der Waals surface area contributed by atoms with Gasteiger partial charge in [0.25, 0.3) is 0 Å². The predicted octanol–water partition coefficient (Wildman–Crippen LogP) is 2.27. The van der Waals surface area contributed by atoms with E-state index in [1.165, 1.54) is 12.8 Å². The van der Waals surface area contributed by atoms with Gasteiger partial charge in [-0.1, -0.05) is 13.0 Å². The van der Waals surface area contributed by atoms with Gasteiger partial charge in [-0.3, -0.25) is 4.90 Å². The van der Waals surface area contributed by atoms with Gasteiger partial charge < -0.3 is 15.6 Å². The van der Waals surface area contributed by atoms with Gasteiger partial charge in [0.1, 0.15) is 18.5 Å². The monoisotopic (exact) mass is 278 g/mol. The van der Waals surface area contributed by atoms with Gasteiger partial charge in [-0.25, -0.2) is 0 Å². The molecule has 0 bridgehead atoms. The third-order valence-corrected chi connectivity index (χ3v) is 4.15. The number of nitrogen functional groups attached to an aromatic ring is 1. The number of ether oxygens (including phenoxy) is 1. The Balaban J connectivity index is 1.81. The van der Waals surface area contributed by atoms with E-state index in [4.69, 9.17) is 10.5 Å². The quantitative estimate of drug-likeness (QED) is 0.784. The molecule has 1 aromatic rings. The molecule has 20 heavy (non-hydrogen) atoms. The predicted molar refractivity (Wildman–Crippen MR) is 81.8 cm³/mol. The Morgan fingerprint density at radius 3 is 2.95 bits per heavy atom. The van der Waals surface area contributed by atoms with E-state index in [1.54, 1.807) is 6.07 Å². The van der Waals surface area contributed by atoms with Crippen molar-refractivity contribution in [3.8, 4) is 5.75 Å². The van der Waals surface area contributed by atoms with Gasteiger partial charge in [0, 0.05) is 30.4 Å². The van der Waals surface area contributed by atoms with Gasteiger partial charge >= 0.3 is 0 Å². The zero-order chi connectivity index (χ0) is 14.5. The van der Waals surface area contributed by atoms with Crippen molar-refractivity contribution >= 4 is 5.69 Å². The Labute approximate surface area is 121 Å².